The van der Waals surface area contributed by atoms with Crippen molar-refractivity contribution in [2.75, 3.05) is 20.7 Å². The van der Waals surface area contributed by atoms with Crippen molar-refractivity contribution in [2.24, 2.45) is 0 Å². The first-order valence-electron chi connectivity index (χ1n) is 7.13. The molecule has 0 aromatic carbocycles. The second-order valence-corrected chi connectivity index (χ2v) is 5.27. The van der Waals surface area contributed by atoms with E-state index in [0.29, 0.717) is 0 Å². The van der Waals surface area contributed by atoms with E-state index in [0.717, 1.165) is 20.8 Å². The Morgan fingerprint density at radius 2 is 1.38 bits per heavy atom. The maximum atomic E-state index is 11.5. The molecule has 24 heavy (non-hydrogen) atoms. The van der Waals surface area contributed by atoms with Gasteiger partial charge in [-0.05, 0) is 0 Å². The standard InChI is InChI=1S/C14H21NO9/c1-7(16)21-11-10(6-20-14(19)15(4)5)24-13(23-9(3)18)12(11)22-8(2)17/h10-13H,6H2,1-5H3/t10-,11+,12-,13?/m1/s1. The van der Waals surface area contributed by atoms with Crippen LogP contribution in [0.4, 0.5) is 4.79 Å². The summed E-state index contributed by atoms with van der Waals surface area (Å²) in [6.45, 7) is 3.17. The highest BCUT2D eigenvalue weighted by molar-refractivity contribution is 5.68. The van der Waals surface area contributed by atoms with E-state index in [4.69, 9.17) is 23.7 Å². The van der Waals surface area contributed by atoms with Gasteiger partial charge in [0.15, 0.2) is 6.10 Å². The zero-order valence-electron chi connectivity index (χ0n) is 14.1. The molecule has 1 amide bonds. The monoisotopic (exact) mass is 347 g/mol. The Kier molecular flexibility index (Phi) is 6.96. The van der Waals surface area contributed by atoms with Gasteiger partial charge in [-0.25, -0.2) is 4.79 Å². The summed E-state index contributed by atoms with van der Waals surface area (Å²) >= 11 is 0. The van der Waals surface area contributed by atoms with Gasteiger partial charge >= 0.3 is 24.0 Å². The van der Waals surface area contributed by atoms with Gasteiger partial charge in [0.1, 0.15) is 12.7 Å². The Balaban J connectivity index is 2.93. The average molecular weight is 347 g/mol. The summed E-state index contributed by atoms with van der Waals surface area (Å²) in [7, 11) is 2.98. The van der Waals surface area contributed by atoms with Crippen LogP contribution >= 0.6 is 0 Å². The molecule has 0 aromatic rings. The SMILES string of the molecule is CC(=O)OC1O[C@H](COC(=O)N(C)C)[C@H](OC(C)=O)[C@H]1OC(C)=O. The Morgan fingerprint density at radius 3 is 1.83 bits per heavy atom. The van der Waals surface area contributed by atoms with Crippen molar-refractivity contribution in [2.45, 2.75) is 45.4 Å². The minimum absolute atomic E-state index is 0.287. The number of carbonyl (C=O) groups is 4. The van der Waals surface area contributed by atoms with Crippen LogP contribution in [0, 0.1) is 0 Å². The molecule has 0 aliphatic carbocycles. The van der Waals surface area contributed by atoms with Crippen LogP contribution in [0.1, 0.15) is 20.8 Å². The lowest BCUT2D eigenvalue weighted by Gasteiger charge is -2.23. The van der Waals surface area contributed by atoms with E-state index in [-0.39, 0.29) is 6.61 Å². The van der Waals surface area contributed by atoms with E-state index in [2.05, 4.69) is 0 Å². The molecular formula is C14H21NO9. The molecule has 1 unspecified atom stereocenters. The lowest BCUT2D eigenvalue weighted by atomic mass is 10.1. The number of carbonyl (C=O) groups excluding carboxylic acids is 4. The number of nitrogens with zero attached hydrogens (tertiary/aromatic N) is 1. The molecule has 0 radical (unpaired) electrons. The van der Waals surface area contributed by atoms with Crippen molar-refractivity contribution in [3.8, 4) is 0 Å². The maximum absolute atomic E-state index is 11.5. The molecule has 4 atom stereocenters. The van der Waals surface area contributed by atoms with Gasteiger partial charge in [-0.1, -0.05) is 0 Å². The second-order valence-electron chi connectivity index (χ2n) is 5.27. The van der Waals surface area contributed by atoms with Crippen molar-refractivity contribution in [3.63, 3.8) is 0 Å². The summed E-state index contributed by atoms with van der Waals surface area (Å²) in [6, 6.07) is 0. The normalized spacial score (nSPS) is 25.5. The van der Waals surface area contributed by atoms with E-state index < -0.39 is 48.6 Å². The molecule has 10 nitrogen and oxygen atoms in total. The highest BCUT2D eigenvalue weighted by Crippen LogP contribution is 2.28. The third-order valence-corrected chi connectivity index (χ3v) is 2.89. The van der Waals surface area contributed by atoms with Crippen LogP contribution in [-0.4, -0.2) is 74.2 Å². The molecule has 1 rings (SSSR count). The number of hydrogen-bond acceptors (Lipinski definition) is 9. The highest BCUT2D eigenvalue weighted by atomic mass is 16.8. The van der Waals surface area contributed by atoms with Crippen LogP contribution < -0.4 is 0 Å². The Morgan fingerprint density at radius 1 is 0.875 bits per heavy atom. The van der Waals surface area contributed by atoms with Gasteiger partial charge in [0.25, 0.3) is 0 Å². The van der Waals surface area contributed by atoms with Crippen LogP contribution in [0.25, 0.3) is 0 Å². The summed E-state index contributed by atoms with van der Waals surface area (Å²) in [5, 5.41) is 0. The minimum Gasteiger partial charge on any atom is -0.455 e. The molecule has 0 bridgehead atoms. The van der Waals surface area contributed by atoms with Crippen molar-refractivity contribution in [3.05, 3.63) is 0 Å². The quantitative estimate of drug-likeness (QED) is 0.493. The number of ether oxygens (including phenoxy) is 5. The third kappa shape index (κ3) is 5.69. The van der Waals surface area contributed by atoms with Gasteiger partial charge in [0, 0.05) is 34.9 Å². The van der Waals surface area contributed by atoms with Crippen molar-refractivity contribution in [1.29, 1.82) is 0 Å². The molecular weight excluding hydrogens is 326 g/mol. The smallest absolute Gasteiger partial charge is 0.409 e. The van der Waals surface area contributed by atoms with Crippen LogP contribution in [0.2, 0.25) is 0 Å². The van der Waals surface area contributed by atoms with E-state index in [9.17, 15) is 19.2 Å². The molecule has 0 saturated carbocycles. The van der Waals surface area contributed by atoms with Crippen molar-refractivity contribution < 1.29 is 42.9 Å². The topological polar surface area (TPSA) is 118 Å². The molecule has 10 heteroatoms. The molecule has 1 fully saturated rings. The van der Waals surface area contributed by atoms with Crippen LogP contribution in [-0.2, 0) is 38.1 Å². The fraction of sp³-hybridized carbons (Fsp3) is 0.714. The molecule has 136 valence electrons. The van der Waals surface area contributed by atoms with Crippen molar-refractivity contribution in [1.82, 2.24) is 4.90 Å². The first-order chi connectivity index (χ1) is 11.1. The number of hydrogen-bond donors (Lipinski definition) is 0. The first kappa shape index (κ1) is 19.7. The van der Waals surface area contributed by atoms with E-state index in [1.165, 1.54) is 19.0 Å². The van der Waals surface area contributed by atoms with Gasteiger partial charge in [0.2, 0.25) is 12.4 Å². The molecule has 0 aromatic heterocycles. The van der Waals surface area contributed by atoms with Crippen LogP contribution in [0.15, 0.2) is 0 Å². The van der Waals surface area contributed by atoms with Gasteiger partial charge in [-0.15, -0.1) is 0 Å². The summed E-state index contributed by atoms with van der Waals surface area (Å²) in [5.41, 5.74) is 0. The van der Waals surface area contributed by atoms with Gasteiger partial charge in [-0.3, -0.25) is 14.4 Å². The molecule has 1 aliphatic heterocycles. The zero-order chi connectivity index (χ0) is 18.4. The summed E-state index contributed by atoms with van der Waals surface area (Å²) in [6.07, 6.45) is -5.14. The van der Waals surface area contributed by atoms with Gasteiger partial charge in [0.05, 0.1) is 0 Å². The predicted octanol–water partition coefficient (Wildman–Crippen LogP) is -0.164. The number of rotatable bonds is 5. The molecule has 1 saturated heterocycles. The molecule has 1 heterocycles. The number of amides is 1. The lowest BCUT2D eigenvalue weighted by Crippen LogP contribution is -2.42. The molecule has 1 aliphatic rings. The fourth-order valence-electron chi connectivity index (χ4n) is 2.02. The predicted molar refractivity (Wildman–Crippen MR) is 76.6 cm³/mol. The summed E-state index contributed by atoms with van der Waals surface area (Å²) < 4.78 is 25.5. The Labute approximate surface area is 138 Å². The Bertz CT molecular complexity index is 504. The van der Waals surface area contributed by atoms with Gasteiger partial charge in [-0.2, -0.15) is 0 Å². The zero-order valence-corrected chi connectivity index (χ0v) is 14.1. The molecule has 0 spiro atoms. The minimum atomic E-state index is -1.28. The second kappa shape index (κ2) is 8.48. The highest BCUT2D eigenvalue weighted by Gasteiger charge is 2.51. The maximum Gasteiger partial charge on any atom is 0.409 e. The first-order valence-corrected chi connectivity index (χ1v) is 7.13. The fourth-order valence-corrected chi connectivity index (χ4v) is 2.02. The average Bonchev–Trinajstić information content (AvgIpc) is 2.72. The largest absolute Gasteiger partial charge is 0.455 e. The van der Waals surface area contributed by atoms with Crippen molar-refractivity contribution >= 4 is 24.0 Å². The number of esters is 3. The third-order valence-electron chi connectivity index (χ3n) is 2.89. The lowest BCUT2D eigenvalue weighted by molar-refractivity contribution is -0.196. The van der Waals surface area contributed by atoms with Crippen LogP contribution in [0.5, 0.6) is 0 Å². The van der Waals surface area contributed by atoms with Crippen LogP contribution in [0.3, 0.4) is 0 Å². The summed E-state index contributed by atoms with van der Waals surface area (Å²) in [5.74, 6) is -2.01. The molecule has 0 N–H and O–H groups in total. The van der Waals surface area contributed by atoms with E-state index in [1.807, 2.05) is 0 Å². The van der Waals surface area contributed by atoms with E-state index >= 15 is 0 Å². The Hall–Kier alpha value is -2.36. The summed E-state index contributed by atoms with van der Waals surface area (Å²) in [4.78, 5) is 46.5. The van der Waals surface area contributed by atoms with E-state index in [1.54, 1.807) is 0 Å². The van der Waals surface area contributed by atoms with Gasteiger partial charge < -0.3 is 28.6 Å².